The lowest BCUT2D eigenvalue weighted by molar-refractivity contribution is 0.197. The summed E-state index contributed by atoms with van der Waals surface area (Å²) in [6.45, 7) is 1.97. The monoisotopic (exact) mass is 415 g/mol. The van der Waals surface area contributed by atoms with Crippen molar-refractivity contribution < 1.29 is 0 Å². The van der Waals surface area contributed by atoms with Crippen molar-refractivity contribution in [2.45, 2.75) is 47.9 Å². The van der Waals surface area contributed by atoms with Crippen LogP contribution in [0.5, 0.6) is 0 Å². The Labute approximate surface area is 172 Å². The molecule has 146 valence electrons. The zero-order valence-electron chi connectivity index (χ0n) is 15.5. The van der Waals surface area contributed by atoms with Gasteiger partial charge < -0.3 is 10.6 Å². The molecule has 1 unspecified atom stereocenters. The maximum atomic E-state index is 6.44. The van der Waals surface area contributed by atoms with Gasteiger partial charge in [0.25, 0.3) is 0 Å². The molecule has 28 heavy (non-hydrogen) atoms. The summed E-state index contributed by atoms with van der Waals surface area (Å²) >= 11 is 7.67. The number of nitrogens with two attached hydrogens (primary N) is 1. The molecule has 2 fully saturated rings. The average molecular weight is 416 g/mol. The Morgan fingerprint density at radius 1 is 1.14 bits per heavy atom. The minimum atomic E-state index is 0.339. The molecule has 1 atom stereocenters. The third-order valence-electron chi connectivity index (χ3n) is 6.25. The van der Waals surface area contributed by atoms with Gasteiger partial charge in [-0.1, -0.05) is 29.8 Å². The number of rotatable bonds is 3. The van der Waals surface area contributed by atoms with Crippen LogP contribution in [-0.4, -0.2) is 43.7 Å². The molecule has 2 N–H and O–H groups in total. The van der Waals surface area contributed by atoms with Crippen molar-refractivity contribution in [1.29, 1.82) is 0 Å². The van der Waals surface area contributed by atoms with Gasteiger partial charge in [0.1, 0.15) is 0 Å². The molecule has 1 aliphatic carbocycles. The lowest BCUT2D eigenvalue weighted by Gasteiger charge is -2.42. The number of nitrogens with zero attached hydrogens (tertiary/aromatic N) is 6. The van der Waals surface area contributed by atoms with Crippen LogP contribution in [0.1, 0.15) is 32.1 Å². The Kier molecular flexibility index (Phi) is 4.65. The van der Waals surface area contributed by atoms with Gasteiger partial charge in [-0.25, -0.2) is 9.97 Å². The van der Waals surface area contributed by atoms with Crippen molar-refractivity contribution in [3.8, 4) is 0 Å². The first kappa shape index (κ1) is 18.1. The van der Waals surface area contributed by atoms with E-state index in [1.807, 2.05) is 24.7 Å². The second-order valence-electron chi connectivity index (χ2n) is 7.68. The fourth-order valence-electron chi connectivity index (χ4n) is 4.63. The Bertz CT molecular complexity index is 999. The summed E-state index contributed by atoms with van der Waals surface area (Å²) in [6.07, 6.45) is 13.3. The van der Waals surface area contributed by atoms with E-state index in [4.69, 9.17) is 22.3 Å². The van der Waals surface area contributed by atoms with Crippen LogP contribution in [-0.2, 0) is 0 Å². The highest BCUT2D eigenvalue weighted by atomic mass is 35.5. The Morgan fingerprint density at radius 2 is 2.00 bits per heavy atom. The Hall–Kier alpha value is -1.90. The summed E-state index contributed by atoms with van der Waals surface area (Å²) in [5.74, 6) is 0.942. The number of aromatic nitrogens is 5. The smallest absolute Gasteiger partial charge is 0.211 e. The minimum absolute atomic E-state index is 0.339. The summed E-state index contributed by atoms with van der Waals surface area (Å²) in [4.78, 5) is 13.5. The van der Waals surface area contributed by atoms with E-state index in [1.165, 1.54) is 31.0 Å². The van der Waals surface area contributed by atoms with Crippen molar-refractivity contribution in [3.63, 3.8) is 0 Å². The second kappa shape index (κ2) is 7.17. The van der Waals surface area contributed by atoms with Gasteiger partial charge in [0.05, 0.1) is 16.0 Å². The first-order chi connectivity index (χ1) is 13.7. The maximum Gasteiger partial charge on any atom is 0.211 e. The molecule has 4 heterocycles. The van der Waals surface area contributed by atoms with Gasteiger partial charge in [-0.05, 0) is 37.2 Å². The van der Waals surface area contributed by atoms with E-state index < -0.39 is 0 Å². The van der Waals surface area contributed by atoms with Gasteiger partial charge in [0.2, 0.25) is 5.95 Å². The standard InChI is InChI=1S/C19H22ClN7S/c20-16-13(3-7-24-25-16)28-14-12-23-18(27-11-8-22-17(14)27)26-9-5-19(6-10-26)4-1-2-15(19)21/h3,7-8,11-12,15H,1-2,4-6,9-10,21H2. The van der Waals surface area contributed by atoms with Crippen molar-refractivity contribution in [2.75, 3.05) is 18.0 Å². The molecule has 3 aromatic heterocycles. The van der Waals surface area contributed by atoms with Crippen molar-refractivity contribution in [2.24, 2.45) is 11.1 Å². The fourth-order valence-corrected chi connectivity index (χ4v) is 5.69. The molecule has 2 aliphatic rings. The molecule has 0 radical (unpaired) electrons. The van der Waals surface area contributed by atoms with E-state index in [0.717, 1.165) is 47.3 Å². The molecule has 7 nitrogen and oxygen atoms in total. The highest BCUT2D eigenvalue weighted by Crippen LogP contribution is 2.46. The number of piperidine rings is 1. The predicted octanol–water partition coefficient (Wildman–Crippen LogP) is 3.42. The average Bonchev–Trinajstić information content (AvgIpc) is 3.33. The number of halogens is 1. The molecular formula is C19H22ClN7S. The summed E-state index contributed by atoms with van der Waals surface area (Å²) in [5, 5.41) is 8.09. The molecule has 0 aromatic carbocycles. The van der Waals surface area contributed by atoms with E-state index >= 15 is 0 Å². The predicted molar refractivity (Wildman–Crippen MR) is 110 cm³/mol. The zero-order valence-corrected chi connectivity index (χ0v) is 17.0. The number of imidazole rings is 1. The van der Waals surface area contributed by atoms with Gasteiger partial charge in [-0.3, -0.25) is 4.40 Å². The zero-order chi connectivity index (χ0) is 19.1. The lowest BCUT2D eigenvalue weighted by Crippen LogP contribution is -2.47. The van der Waals surface area contributed by atoms with Crippen LogP contribution in [0, 0.1) is 5.41 Å². The molecule has 1 spiro atoms. The van der Waals surface area contributed by atoms with E-state index in [1.54, 1.807) is 6.20 Å². The van der Waals surface area contributed by atoms with Crippen LogP contribution in [0.15, 0.2) is 40.6 Å². The summed E-state index contributed by atoms with van der Waals surface area (Å²) in [5.41, 5.74) is 7.65. The van der Waals surface area contributed by atoms with Gasteiger partial charge >= 0.3 is 0 Å². The highest BCUT2D eigenvalue weighted by Gasteiger charge is 2.43. The second-order valence-corrected chi connectivity index (χ2v) is 9.12. The third-order valence-corrected chi connectivity index (χ3v) is 7.70. The molecule has 3 aromatic rings. The van der Waals surface area contributed by atoms with E-state index in [-0.39, 0.29) is 0 Å². The van der Waals surface area contributed by atoms with Gasteiger partial charge in [-0.15, -0.1) is 5.10 Å². The summed E-state index contributed by atoms with van der Waals surface area (Å²) in [7, 11) is 0. The Balaban J connectivity index is 1.41. The van der Waals surface area contributed by atoms with Crippen LogP contribution < -0.4 is 10.6 Å². The van der Waals surface area contributed by atoms with Crippen molar-refractivity contribution >= 4 is 35.0 Å². The van der Waals surface area contributed by atoms with E-state index in [2.05, 4.69) is 24.5 Å². The lowest BCUT2D eigenvalue weighted by atomic mass is 9.74. The van der Waals surface area contributed by atoms with Crippen LogP contribution in [0.25, 0.3) is 5.65 Å². The van der Waals surface area contributed by atoms with Crippen LogP contribution >= 0.6 is 23.4 Å². The van der Waals surface area contributed by atoms with Gasteiger partial charge in [0.15, 0.2) is 10.8 Å². The van der Waals surface area contributed by atoms with E-state index in [0.29, 0.717) is 16.6 Å². The first-order valence-electron chi connectivity index (χ1n) is 9.64. The quantitative estimate of drug-likeness (QED) is 0.701. The SMILES string of the molecule is NC1CCCC12CCN(c1ncc(Sc3ccnnc3Cl)c3nccn13)CC2. The highest BCUT2D eigenvalue weighted by molar-refractivity contribution is 7.99. The van der Waals surface area contributed by atoms with Crippen LogP contribution in [0.2, 0.25) is 5.15 Å². The molecule has 9 heteroatoms. The maximum absolute atomic E-state index is 6.44. The molecular weight excluding hydrogens is 394 g/mol. The minimum Gasteiger partial charge on any atom is -0.342 e. The molecule has 1 saturated carbocycles. The van der Waals surface area contributed by atoms with Crippen molar-refractivity contribution in [3.05, 3.63) is 36.0 Å². The summed E-state index contributed by atoms with van der Waals surface area (Å²) in [6, 6.07) is 2.20. The van der Waals surface area contributed by atoms with Gasteiger partial charge in [0, 0.05) is 37.7 Å². The molecule has 1 saturated heterocycles. The topological polar surface area (TPSA) is 85.2 Å². The largest absolute Gasteiger partial charge is 0.342 e. The Morgan fingerprint density at radius 3 is 2.75 bits per heavy atom. The van der Waals surface area contributed by atoms with E-state index in [9.17, 15) is 0 Å². The number of fused-ring (bicyclic) bond motifs is 1. The summed E-state index contributed by atoms with van der Waals surface area (Å²) < 4.78 is 2.07. The van der Waals surface area contributed by atoms with Crippen LogP contribution in [0.4, 0.5) is 5.95 Å². The van der Waals surface area contributed by atoms with Crippen molar-refractivity contribution in [1.82, 2.24) is 24.6 Å². The third kappa shape index (κ3) is 3.03. The number of hydrogen-bond donors (Lipinski definition) is 1. The van der Waals surface area contributed by atoms with Crippen LogP contribution in [0.3, 0.4) is 0 Å². The molecule has 0 bridgehead atoms. The molecule has 0 amide bonds. The fraction of sp³-hybridized carbons (Fsp3) is 0.474. The van der Waals surface area contributed by atoms with Gasteiger partial charge in [-0.2, -0.15) is 5.10 Å². The number of hydrogen-bond acceptors (Lipinski definition) is 7. The molecule has 5 rings (SSSR count). The first-order valence-corrected chi connectivity index (χ1v) is 10.8. The normalized spacial score (nSPS) is 21.6. The number of anilines is 1. The molecule has 1 aliphatic heterocycles.